The Morgan fingerprint density at radius 2 is 1.43 bits per heavy atom. The maximum absolute atomic E-state index is 12.8. The maximum Gasteiger partial charge on any atom is 0.242 e. The Kier molecular flexibility index (Phi) is 5.25. The third-order valence-corrected chi connectivity index (χ3v) is 6.20. The Hall–Kier alpha value is -2.56. The molecular weight excluding hydrogens is 364 g/mol. The summed E-state index contributed by atoms with van der Waals surface area (Å²) in [5.74, 6) is 0.797. The van der Waals surface area contributed by atoms with Gasteiger partial charge in [0.15, 0.2) is 0 Å². The van der Waals surface area contributed by atoms with Gasteiger partial charge in [-0.15, -0.1) is 11.8 Å². The number of carbonyl (C=O) groups excluding carboxylic acids is 1. The Morgan fingerprint density at radius 1 is 0.893 bits per heavy atom. The van der Waals surface area contributed by atoms with Gasteiger partial charge in [0.25, 0.3) is 0 Å². The number of benzene rings is 3. The zero-order valence-electron chi connectivity index (χ0n) is 16.1. The van der Waals surface area contributed by atoms with E-state index >= 15 is 0 Å². The number of thioether (sulfide) groups is 1. The summed E-state index contributed by atoms with van der Waals surface area (Å²) in [4.78, 5) is 12.7. The van der Waals surface area contributed by atoms with Crippen molar-refractivity contribution in [3.63, 3.8) is 0 Å². The fourth-order valence-electron chi connectivity index (χ4n) is 3.46. The van der Waals surface area contributed by atoms with Crippen molar-refractivity contribution in [2.24, 2.45) is 0 Å². The number of rotatable bonds is 4. The molecular formula is C24H24N2OS. The van der Waals surface area contributed by atoms with Crippen LogP contribution in [0.4, 0.5) is 5.69 Å². The van der Waals surface area contributed by atoms with Gasteiger partial charge in [-0.05, 0) is 54.3 Å². The van der Waals surface area contributed by atoms with E-state index in [1.165, 1.54) is 0 Å². The quantitative estimate of drug-likeness (QED) is 0.629. The molecule has 1 fully saturated rings. The van der Waals surface area contributed by atoms with Crippen LogP contribution >= 0.6 is 11.8 Å². The van der Waals surface area contributed by atoms with E-state index in [0.717, 1.165) is 33.7 Å². The zero-order valence-corrected chi connectivity index (χ0v) is 16.9. The largest absolute Gasteiger partial charge is 0.325 e. The van der Waals surface area contributed by atoms with Crippen molar-refractivity contribution in [1.29, 1.82) is 0 Å². The van der Waals surface area contributed by atoms with Gasteiger partial charge in [-0.2, -0.15) is 0 Å². The molecule has 2 N–H and O–H groups in total. The Morgan fingerprint density at radius 3 is 1.89 bits per heavy atom. The van der Waals surface area contributed by atoms with Gasteiger partial charge >= 0.3 is 0 Å². The average Bonchev–Trinajstić information content (AvgIpc) is 3.09. The molecule has 0 spiro atoms. The van der Waals surface area contributed by atoms with Gasteiger partial charge < -0.3 is 5.32 Å². The molecule has 1 aliphatic heterocycles. The van der Waals surface area contributed by atoms with E-state index in [4.69, 9.17) is 0 Å². The van der Waals surface area contributed by atoms with Crippen molar-refractivity contribution in [3.8, 4) is 22.3 Å². The van der Waals surface area contributed by atoms with Crippen molar-refractivity contribution in [2.45, 2.75) is 24.8 Å². The van der Waals surface area contributed by atoms with E-state index in [1.807, 2.05) is 48.5 Å². The fourth-order valence-corrected chi connectivity index (χ4v) is 4.50. The lowest BCUT2D eigenvalue weighted by molar-refractivity contribution is -0.117. The van der Waals surface area contributed by atoms with Crippen LogP contribution in [0.3, 0.4) is 0 Å². The number of hydrogen-bond donors (Lipinski definition) is 2. The lowest BCUT2D eigenvalue weighted by Crippen LogP contribution is -2.43. The summed E-state index contributed by atoms with van der Waals surface area (Å²) < 4.78 is 0. The molecule has 0 bridgehead atoms. The number of nitrogens with one attached hydrogen (secondary N) is 2. The van der Waals surface area contributed by atoms with E-state index in [2.05, 4.69) is 54.8 Å². The molecule has 1 amide bonds. The van der Waals surface area contributed by atoms with Crippen LogP contribution in [0.25, 0.3) is 22.3 Å². The third kappa shape index (κ3) is 4.29. The second-order valence-electron chi connectivity index (χ2n) is 7.54. The van der Waals surface area contributed by atoms with Crippen LogP contribution in [0, 0.1) is 0 Å². The molecule has 1 saturated heterocycles. The minimum absolute atomic E-state index is 0.0160. The Labute approximate surface area is 170 Å². The summed E-state index contributed by atoms with van der Waals surface area (Å²) >= 11 is 1.77. The van der Waals surface area contributed by atoms with Gasteiger partial charge in [-0.25, -0.2) is 0 Å². The molecule has 3 aromatic carbocycles. The van der Waals surface area contributed by atoms with Gasteiger partial charge in [0.05, 0.1) is 10.9 Å². The van der Waals surface area contributed by atoms with Crippen molar-refractivity contribution in [3.05, 3.63) is 78.9 Å². The SMILES string of the molecule is CC1(C)NC(C(=O)Nc2cc(-c3ccccc3)cc(-c3ccccc3)c2)CS1. The minimum atomic E-state index is -0.180. The third-order valence-electron chi connectivity index (χ3n) is 4.86. The highest BCUT2D eigenvalue weighted by molar-refractivity contribution is 8.00. The van der Waals surface area contributed by atoms with Crippen LogP contribution in [-0.4, -0.2) is 22.6 Å². The average molecular weight is 389 g/mol. The summed E-state index contributed by atoms with van der Waals surface area (Å²) in [5.41, 5.74) is 5.26. The molecule has 28 heavy (non-hydrogen) atoms. The first kappa shape index (κ1) is 18.8. The van der Waals surface area contributed by atoms with E-state index in [-0.39, 0.29) is 16.8 Å². The zero-order chi connectivity index (χ0) is 19.6. The number of hydrogen-bond acceptors (Lipinski definition) is 3. The van der Waals surface area contributed by atoms with E-state index in [0.29, 0.717) is 0 Å². The standard InChI is InChI=1S/C24H24N2OS/c1-24(2)26-22(16-28-24)23(27)25-21-14-19(17-9-5-3-6-10-17)13-20(15-21)18-11-7-4-8-12-18/h3-15,22,26H,16H2,1-2H3,(H,25,27). The monoisotopic (exact) mass is 388 g/mol. The highest BCUT2D eigenvalue weighted by Crippen LogP contribution is 2.32. The van der Waals surface area contributed by atoms with Crippen LogP contribution in [0.2, 0.25) is 0 Å². The summed E-state index contributed by atoms with van der Waals surface area (Å²) in [6.45, 7) is 4.21. The number of amides is 1. The van der Waals surface area contributed by atoms with Crippen molar-refractivity contribution >= 4 is 23.4 Å². The number of carbonyl (C=O) groups is 1. The molecule has 4 heteroatoms. The van der Waals surface area contributed by atoms with Crippen molar-refractivity contribution < 1.29 is 4.79 Å². The van der Waals surface area contributed by atoms with Crippen molar-refractivity contribution in [1.82, 2.24) is 5.32 Å². The molecule has 4 rings (SSSR count). The molecule has 0 aromatic heterocycles. The van der Waals surface area contributed by atoms with Gasteiger partial charge in [0, 0.05) is 11.4 Å². The van der Waals surface area contributed by atoms with Gasteiger partial charge in [0.1, 0.15) is 0 Å². The normalized spacial score (nSPS) is 18.0. The fraction of sp³-hybridized carbons (Fsp3) is 0.208. The minimum Gasteiger partial charge on any atom is -0.325 e. The summed E-state index contributed by atoms with van der Waals surface area (Å²) in [6.07, 6.45) is 0. The molecule has 1 heterocycles. The van der Waals surface area contributed by atoms with Gasteiger partial charge in [0.2, 0.25) is 5.91 Å². The predicted octanol–water partition coefficient (Wildman–Crippen LogP) is 5.40. The second-order valence-corrected chi connectivity index (χ2v) is 9.18. The van der Waals surface area contributed by atoms with E-state index < -0.39 is 0 Å². The molecule has 0 saturated carbocycles. The first-order chi connectivity index (χ1) is 13.5. The summed E-state index contributed by atoms with van der Waals surface area (Å²) in [7, 11) is 0. The first-order valence-corrected chi connectivity index (χ1v) is 10.5. The lowest BCUT2D eigenvalue weighted by Gasteiger charge is -2.19. The van der Waals surface area contributed by atoms with Crippen LogP contribution in [0.5, 0.6) is 0 Å². The smallest absolute Gasteiger partial charge is 0.242 e. The molecule has 0 radical (unpaired) electrons. The van der Waals surface area contributed by atoms with Crippen molar-refractivity contribution in [2.75, 3.05) is 11.1 Å². The van der Waals surface area contributed by atoms with Gasteiger partial charge in [-0.3, -0.25) is 10.1 Å². The van der Waals surface area contributed by atoms with E-state index in [9.17, 15) is 4.79 Å². The first-order valence-electron chi connectivity index (χ1n) is 9.49. The molecule has 3 nitrogen and oxygen atoms in total. The summed E-state index contributed by atoms with van der Waals surface area (Å²) in [6, 6.07) is 26.6. The van der Waals surface area contributed by atoms with E-state index in [1.54, 1.807) is 11.8 Å². The molecule has 1 unspecified atom stereocenters. The Bertz CT molecular complexity index is 913. The molecule has 1 aliphatic rings. The molecule has 3 aromatic rings. The van der Waals surface area contributed by atoms with Crippen LogP contribution in [0.1, 0.15) is 13.8 Å². The molecule has 142 valence electrons. The lowest BCUT2D eigenvalue weighted by atomic mass is 9.98. The second kappa shape index (κ2) is 7.82. The topological polar surface area (TPSA) is 41.1 Å². The highest BCUT2D eigenvalue weighted by Gasteiger charge is 2.34. The Balaban J connectivity index is 1.67. The van der Waals surface area contributed by atoms with Crippen LogP contribution < -0.4 is 10.6 Å². The van der Waals surface area contributed by atoms with Crippen LogP contribution in [0.15, 0.2) is 78.9 Å². The predicted molar refractivity (Wildman–Crippen MR) is 119 cm³/mol. The maximum atomic E-state index is 12.8. The van der Waals surface area contributed by atoms with Crippen LogP contribution in [-0.2, 0) is 4.79 Å². The molecule has 1 atom stereocenters. The highest BCUT2D eigenvalue weighted by atomic mass is 32.2. The van der Waals surface area contributed by atoms with Gasteiger partial charge in [-0.1, -0.05) is 60.7 Å². The summed E-state index contributed by atoms with van der Waals surface area (Å²) in [5, 5.41) is 6.52. The number of anilines is 1. The molecule has 0 aliphatic carbocycles.